The average molecular weight is 427 g/mol. The smallest absolute Gasteiger partial charge is 0.260 e. The summed E-state index contributed by atoms with van der Waals surface area (Å²) in [5.41, 5.74) is 3.50. The van der Waals surface area contributed by atoms with Crippen LogP contribution in [0, 0.1) is 13.8 Å². The molecule has 0 saturated heterocycles. The van der Waals surface area contributed by atoms with Gasteiger partial charge in [-0.25, -0.2) is 4.98 Å². The highest BCUT2D eigenvalue weighted by Crippen LogP contribution is 2.19. The molecule has 0 aliphatic carbocycles. The van der Waals surface area contributed by atoms with Crippen molar-refractivity contribution < 1.29 is 14.0 Å². The predicted molar refractivity (Wildman–Crippen MR) is 119 cm³/mol. The number of benzene rings is 1. The van der Waals surface area contributed by atoms with Gasteiger partial charge in [-0.2, -0.15) is 0 Å². The largest absolute Gasteiger partial charge is 0.469 e. The monoisotopic (exact) mass is 426 g/mol. The molecule has 8 heteroatoms. The lowest BCUT2D eigenvalue weighted by atomic mass is 10.2. The number of likely N-dealkylation sites (N-methyl/N-ethyl adjacent to an activating group) is 1. The first-order chi connectivity index (χ1) is 14.5. The van der Waals surface area contributed by atoms with Crippen molar-refractivity contribution in [2.75, 3.05) is 29.9 Å². The molecule has 0 aliphatic heterocycles. The number of aryl methyl sites for hydroxylation is 2. The molecule has 3 rings (SSSR count). The summed E-state index contributed by atoms with van der Waals surface area (Å²) < 4.78 is 5.14. The molecule has 2 amide bonds. The predicted octanol–water partition coefficient (Wildman–Crippen LogP) is 3.79. The van der Waals surface area contributed by atoms with Crippen molar-refractivity contribution in [1.29, 1.82) is 0 Å². The van der Waals surface area contributed by atoms with Gasteiger partial charge in [0.15, 0.2) is 5.13 Å². The van der Waals surface area contributed by atoms with Crippen LogP contribution in [0.2, 0.25) is 0 Å². The van der Waals surface area contributed by atoms with Crippen molar-refractivity contribution >= 4 is 34.0 Å². The zero-order chi connectivity index (χ0) is 21.5. The molecular weight excluding hydrogens is 400 g/mol. The van der Waals surface area contributed by atoms with Gasteiger partial charge < -0.3 is 14.6 Å². The Bertz CT molecular complexity index is 1010. The third-order valence-electron chi connectivity index (χ3n) is 4.76. The van der Waals surface area contributed by atoms with Gasteiger partial charge in [-0.3, -0.25) is 14.9 Å². The maximum absolute atomic E-state index is 12.3. The number of carbonyl (C=O) groups is 2. The first kappa shape index (κ1) is 21.6. The number of furan rings is 1. The van der Waals surface area contributed by atoms with Crippen LogP contribution in [0.1, 0.15) is 34.3 Å². The SMILES string of the molecule is CCN(CCNC(=O)Cc1csc(NC(=O)c2ccoc2C)n1)c1ccccc1C. The van der Waals surface area contributed by atoms with Gasteiger partial charge in [0, 0.05) is 30.7 Å². The number of rotatable bonds is 9. The molecule has 2 N–H and O–H groups in total. The second-order valence-electron chi connectivity index (χ2n) is 6.88. The van der Waals surface area contributed by atoms with E-state index in [2.05, 4.69) is 46.5 Å². The summed E-state index contributed by atoms with van der Waals surface area (Å²) in [6.45, 7) is 8.06. The van der Waals surface area contributed by atoms with E-state index in [1.807, 2.05) is 12.1 Å². The molecule has 3 aromatic rings. The van der Waals surface area contributed by atoms with Gasteiger partial charge in [-0.1, -0.05) is 18.2 Å². The molecule has 0 radical (unpaired) electrons. The summed E-state index contributed by atoms with van der Waals surface area (Å²) in [4.78, 5) is 31.1. The Hall–Kier alpha value is -3.13. The number of anilines is 2. The van der Waals surface area contributed by atoms with E-state index in [0.717, 1.165) is 13.1 Å². The number of aromatic nitrogens is 1. The van der Waals surface area contributed by atoms with Gasteiger partial charge in [-0.15, -0.1) is 11.3 Å². The summed E-state index contributed by atoms with van der Waals surface area (Å²) >= 11 is 1.29. The molecule has 0 saturated carbocycles. The Labute approximate surface area is 180 Å². The third kappa shape index (κ3) is 5.48. The van der Waals surface area contributed by atoms with E-state index in [-0.39, 0.29) is 18.2 Å². The van der Waals surface area contributed by atoms with Gasteiger partial charge in [0.1, 0.15) is 5.76 Å². The highest BCUT2D eigenvalue weighted by Gasteiger charge is 2.14. The number of nitrogens with one attached hydrogen (secondary N) is 2. The Morgan fingerprint density at radius 2 is 2.00 bits per heavy atom. The third-order valence-corrected chi connectivity index (χ3v) is 5.57. The Morgan fingerprint density at radius 3 is 2.70 bits per heavy atom. The molecule has 1 aromatic carbocycles. The quantitative estimate of drug-likeness (QED) is 0.544. The zero-order valence-corrected chi connectivity index (χ0v) is 18.2. The molecule has 2 aromatic heterocycles. The van der Waals surface area contributed by atoms with Crippen LogP contribution in [-0.2, 0) is 11.2 Å². The van der Waals surface area contributed by atoms with Crippen LogP contribution in [0.25, 0.3) is 0 Å². The van der Waals surface area contributed by atoms with Crippen LogP contribution in [0.3, 0.4) is 0 Å². The van der Waals surface area contributed by atoms with Crippen molar-refractivity contribution in [3.8, 4) is 0 Å². The van der Waals surface area contributed by atoms with Crippen molar-refractivity contribution in [1.82, 2.24) is 10.3 Å². The first-order valence-electron chi connectivity index (χ1n) is 9.85. The molecule has 158 valence electrons. The molecule has 0 bridgehead atoms. The number of hydrogen-bond acceptors (Lipinski definition) is 6. The minimum Gasteiger partial charge on any atom is -0.469 e. The first-order valence-corrected chi connectivity index (χ1v) is 10.7. The normalized spacial score (nSPS) is 10.6. The number of carbonyl (C=O) groups excluding carboxylic acids is 2. The van der Waals surface area contributed by atoms with E-state index >= 15 is 0 Å². The summed E-state index contributed by atoms with van der Waals surface area (Å²) in [5, 5.41) is 7.93. The van der Waals surface area contributed by atoms with Crippen LogP contribution >= 0.6 is 11.3 Å². The number of para-hydroxylation sites is 1. The summed E-state index contributed by atoms with van der Waals surface area (Å²) in [6.07, 6.45) is 1.65. The van der Waals surface area contributed by atoms with Gasteiger partial charge in [-0.05, 0) is 38.5 Å². The topological polar surface area (TPSA) is 87.5 Å². The molecule has 7 nitrogen and oxygen atoms in total. The lowest BCUT2D eigenvalue weighted by molar-refractivity contribution is -0.120. The molecule has 0 fully saturated rings. The highest BCUT2D eigenvalue weighted by molar-refractivity contribution is 7.14. The van der Waals surface area contributed by atoms with Crippen molar-refractivity contribution in [3.63, 3.8) is 0 Å². The van der Waals surface area contributed by atoms with Crippen molar-refractivity contribution in [3.05, 3.63) is 64.6 Å². The van der Waals surface area contributed by atoms with Gasteiger partial charge in [0.2, 0.25) is 5.91 Å². The maximum atomic E-state index is 12.3. The second-order valence-corrected chi connectivity index (χ2v) is 7.74. The van der Waals surface area contributed by atoms with Crippen molar-refractivity contribution in [2.45, 2.75) is 27.2 Å². The summed E-state index contributed by atoms with van der Waals surface area (Å²) in [5.74, 6) is 0.183. The number of nitrogens with zero attached hydrogens (tertiary/aromatic N) is 2. The van der Waals surface area contributed by atoms with Crippen molar-refractivity contribution in [2.24, 2.45) is 0 Å². The standard InChI is InChI=1S/C22H26N4O3S/c1-4-26(19-8-6-5-7-15(19)2)11-10-23-20(27)13-17-14-30-22(24-17)25-21(28)18-9-12-29-16(18)3/h5-9,12,14H,4,10-11,13H2,1-3H3,(H,23,27)(H,24,25,28). The number of thiazole rings is 1. The summed E-state index contributed by atoms with van der Waals surface area (Å²) in [7, 11) is 0. The number of amides is 2. The zero-order valence-electron chi connectivity index (χ0n) is 17.4. The molecule has 0 aliphatic rings. The highest BCUT2D eigenvalue weighted by atomic mass is 32.1. The average Bonchev–Trinajstić information content (AvgIpc) is 3.34. The molecule has 0 atom stereocenters. The van der Waals surface area contributed by atoms with Crippen LogP contribution in [0.4, 0.5) is 10.8 Å². The van der Waals surface area contributed by atoms with Gasteiger partial charge >= 0.3 is 0 Å². The molecule has 0 spiro atoms. The molecular formula is C22H26N4O3S. The van der Waals surface area contributed by atoms with Crippen LogP contribution in [0.5, 0.6) is 0 Å². The lowest BCUT2D eigenvalue weighted by Gasteiger charge is -2.25. The Morgan fingerprint density at radius 1 is 1.20 bits per heavy atom. The van der Waals surface area contributed by atoms with Crippen LogP contribution in [-0.4, -0.2) is 36.4 Å². The summed E-state index contributed by atoms with van der Waals surface area (Å²) in [6, 6.07) is 9.84. The van der Waals surface area contributed by atoms with E-state index in [1.54, 1.807) is 18.4 Å². The molecule has 2 heterocycles. The minimum atomic E-state index is -0.275. The lowest BCUT2D eigenvalue weighted by Crippen LogP contribution is -2.35. The fourth-order valence-electron chi connectivity index (χ4n) is 3.15. The van der Waals surface area contributed by atoms with Gasteiger partial charge in [0.05, 0.1) is 23.9 Å². The van der Waals surface area contributed by atoms with E-state index in [9.17, 15) is 9.59 Å². The minimum absolute atomic E-state index is 0.0929. The van der Waals surface area contributed by atoms with E-state index < -0.39 is 0 Å². The van der Waals surface area contributed by atoms with Crippen LogP contribution in [0.15, 0.2) is 46.4 Å². The van der Waals surface area contributed by atoms with Crippen LogP contribution < -0.4 is 15.5 Å². The second kappa shape index (κ2) is 10.1. The molecule has 30 heavy (non-hydrogen) atoms. The Kier molecular flexibility index (Phi) is 7.24. The van der Waals surface area contributed by atoms with Gasteiger partial charge in [0.25, 0.3) is 5.91 Å². The maximum Gasteiger partial charge on any atom is 0.260 e. The molecule has 0 unspecified atom stereocenters. The Balaban J connectivity index is 1.47. The number of hydrogen-bond donors (Lipinski definition) is 2. The fraction of sp³-hybridized carbons (Fsp3) is 0.318. The fourth-order valence-corrected chi connectivity index (χ4v) is 3.86. The van der Waals surface area contributed by atoms with E-state index in [1.165, 1.54) is 28.9 Å². The van der Waals surface area contributed by atoms with E-state index in [0.29, 0.717) is 28.7 Å². The van der Waals surface area contributed by atoms with E-state index in [4.69, 9.17) is 4.42 Å².